The molecule has 1 fully saturated rings. The van der Waals surface area contributed by atoms with Crippen LogP contribution in [0, 0.1) is 18.8 Å². The van der Waals surface area contributed by atoms with Crippen molar-refractivity contribution < 1.29 is 0 Å². The lowest BCUT2D eigenvalue weighted by molar-refractivity contribution is 0.354. The molecule has 4 rings (SSSR count). The molecule has 0 radical (unpaired) electrons. The van der Waals surface area contributed by atoms with Crippen molar-refractivity contribution in [3.05, 3.63) is 36.0 Å². The van der Waals surface area contributed by atoms with Gasteiger partial charge in [-0.3, -0.25) is 4.68 Å². The number of hydrogen-bond acceptors (Lipinski definition) is 5. The molecule has 1 N–H and O–H groups in total. The Balaban J connectivity index is 1.75. The van der Waals surface area contributed by atoms with E-state index in [0.29, 0.717) is 11.8 Å². The van der Waals surface area contributed by atoms with Gasteiger partial charge in [-0.1, -0.05) is 31.5 Å². The number of fused-ring (bicyclic) bond motifs is 1. The fraction of sp³-hybridized carbons (Fsp3) is 0.450. The van der Waals surface area contributed by atoms with Gasteiger partial charge in [-0.05, 0) is 37.3 Å². The predicted molar refractivity (Wildman–Crippen MR) is 106 cm³/mol. The molecule has 26 heavy (non-hydrogen) atoms. The van der Waals surface area contributed by atoms with Crippen molar-refractivity contribution >= 4 is 28.5 Å². The summed E-state index contributed by atoms with van der Waals surface area (Å²) in [4.78, 5) is 12.0. The number of nitrogens with one attached hydrogen (secondary N) is 1. The summed E-state index contributed by atoms with van der Waals surface area (Å²) in [6, 6.07) is 8.34. The quantitative estimate of drug-likeness (QED) is 0.776. The summed E-state index contributed by atoms with van der Waals surface area (Å²) in [5.74, 6) is 2.90. The smallest absolute Gasteiger partial charge is 0.229 e. The van der Waals surface area contributed by atoms with Crippen molar-refractivity contribution in [1.29, 1.82) is 0 Å². The Morgan fingerprint density at radius 1 is 1.04 bits per heavy atom. The summed E-state index contributed by atoms with van der Waals surface area (Å²) in [5.41, 5.74) is 3.11. The summed E-state index contributed by atoms with van der Waals surface area (Å²) in [7, 11) is 1.93. The lowest BCUT2D eigenvalue weighted by atomic mass is 9.92. The van der Waals surface area contributed by atoms with Crippen LogP contribution in [-0.2, 0) is 7.05 Å². The molecular formula is C20H26N6. The minimum absolute atomic E-state index is 0.651. The Labute approximate surface area is 154 Å². The maximum atomic E-state index is 4.87. The van der Waals surface area contributed by atoms with E-state index in [2.05, 4.69) is 60.4 Å². The second-order valence-electron chi connectivity index (χ2n) is 7.72. The lowest BCUT2D eigenvalue weighted by Gasteiger charge is -2.35. The van der Waals surface area contributed by atoms with E-state index in [4.69, 9.17) is 9.97 Å². The van der Waals surface area contributed by atoms with Gasteiger partial charge in [-0.2, -0.15) is 15.1 Å². The molecule has 1 aliphatic heterocycles. The molecule has 0 amide bonds. The third-order valence-electron chi connectivity index (χ3n) is 5.05. The number of aromatic nitrogens is 4. The molecule has 0 bridgehead atoms. The normalized spacial score (nSPS) is 20.5. The molecule has 0 spiro atoms. The van der Waals surface area contributed by atoms with Crippen molar-refractivity contribution in [2.45, 2.75) is 27.2 Å². The van der Waals surface area contributed by atoms with Crippen molar-refractivity contribution in [3.63, 3.8) is 0 Å². The van der Waals surface area contributed by atoms with E-state index in [1.807, 2.05) is 17.9 Å². The summed E-state index contributed by atoms with van der Waals surface area (Å²) in [6.07, 6.45) is 3.09. The predicted octanol–water partition coefficient (Wildman–Crippen LogP) is 3.90. The monoisotopic (exact) mass is 350 g/mol. The fourth-order valence-electron chi connectivity index (χ4n) is 3.85. The third-order valence-corrected chi connectivity index (χ3v) is 5.05. The van der Waals surface area contributed by atoms with Crippen LogP contribution in [0.2, 0.25) is 0 Å². The highest BCUT2D eigenvalue weighted by molar-refractivity contribution is 5.89. The van der Waals surface area contributed by atoms with Crippen molar-refractivity contribution in [1.82, 2.24) is 19.7 Å². The van der Waals surface area contributed by atoms with Gasteiger partial charge in [-0.25, -0.2) is 0 Å². The summed E-state index contributed by atoms with van der Waals surface area (Å²) in [5, 5.41) is 8.78. The van der Waals surface area contributed by atoms with E-state index in [1.54, 1.807) is 0 Å². The number of aryl methyl sites for hydroxylation is 2. The van der Waals surface area contributed by atoms with Gasteiger partial charge in [0, 0.05) is 25.8 Å². The van der Waals surface area contributed by atoms with Gasteiger partial charge >= 0.3 is 0 Å². The molecule has 2 aromatic heterocycles. The molecule has 2 atom stereocenters. The number of rotatable bonds is 3. The average Bonchev–Trinajstić information content (AvgIpc) is 2.97. The highest BCUT2D eigenvalue weighted by Crippen LogP contribution is 2.29. The summed E-state index contributed by atoms with van der Waals surface area (Å²) >= 11 is 0. The van der Waals surface area contributed by atoms with Gasteiger partial charge in [0.1, 0.15) is 5.82 Å². The van der Waals surface area contributed by atoms with Crippen molar-refractivity contribution in [2.24, 2.45) is 18.9 Å². The molecule has 3 heterocycles. The second kappa shape index (κ2) is 6.59. The Hall–Kier alpha value is -2.63. The first-order valence-corrected chi connectivity index (χ1v) is 9.28. The summed E-state index contributed by atoms with van der Waals surface area (Å²) < 4.78 is 1.82. The molecule has 0 aliphatic carbocycles. The van der Waals surface area contributed by atoms with E-state index in [-0.39, 0.29) is 0 Å². The van der Waals surface area contributed by atoms with Crippen molar-refractivity contribution in [2.75, 3.05) is 23.3 Å². The minimum Gasteiger partial charge on any atom is -0.340 e. The van der Waals surface area contributed by atoms with Gasteiger partial charge < -0.3 is 10.2 Å². The Morgan fingerprint density at radius 3 is 2.42 bits per heavy atom. The first-order valence-electron chi connectivity index (χ1n) is 9.28. The Morgan fingerprint density at radius 2 is 1.73 bits per heavy atom. The Bertz CT molecular complexity index is 904. The van der Waals surface area contributed by atoms with Crippen LogP contribution in [0.25, 0.3) is 11.0 Å². The molecule has 6 nitrogen and oxygen atoms in total. The van der Waals surface area contributed by atoms with E-state index < -0.39 is 0 Å². The third kappa shape index (κ3) is 3.23. The van der Waals surface area contributed by atoms with Gasteiger partial charge in [0.05, 0.1) is 11.6 Å². The maximum Gasteiger partial charge on any atom is 0.229 e. The number of nitrogens with zero attached hydrogens (tertiary/aromatic N) is 5. The van der Waals surface area contributed by atoms with Gasteiger partial charge in [0.25, 0.3) is 0 Å². The van der Waals surface area contributed by atoms with Crippen LogP contribution in [0.5, 0.6) is 0 Å². The molecule has 1 aromatic carbocycles. The van der Waals surface area contributed by atoms with Crippen LogP contribution in [0.3, 0.4) is 0 Å². The average molecular weight is 350 g/mol. The number of hydrogen-bond donors (Lipinski definition) is 1. The molecule has 0 saturated carbocycles. The van der Waals surface area contributed by atoms with Crippen LogP contribution in [0.1, 0.15) is 25.8 Å². The second-order valence-corrected chi connectivity index (χ2v) is 7.72. The van der Waals surface area contributed by atoms with E-state index in [0.717, 1.165) is 41.6 Å². The van der Waals surface area contributed by atoms with Crippen molar-refractivity contribution in [3.8, 4) is 0 Å². The van der Waals surface area contributed by atoms with Gasteiger partial charge in [-0.15, -0.1) is 0 Å². The highest BCUT2D eigenvalue weighted by Gasteiger charge is 2.25. The minimum atomic E-state index is 0.651. The first-order chi connectivity index (χ1) is 12.5. The number of anilines is 3. The van der Waals surface area contributed by atoms with E-state index >= 15 is 0 Å². The van der Waals surface area contributed by atoms with E-state index in [1.165, 1.54) is 12.0 Å². The van der Waals surface area contributed by atoms with Gasteiger partial charge in [0.15, 0.2) is 5.65 Å². The lowest BCUT2D eigenvalue weighted by Crippen LogP contribution is -2.39. The SMILES string of the molecule is Cc1ccc(Nc2nc(N3C[C@H](C)C[C@H](C)C3)nc3c2cnn3C)cc1. The molecule has 1 aliphatic rings. The van der Waals surface area contributed by atoms with Gasteiger partial charge in [0.2, 0.25) is 5.95 Å². The zero-order valence-electron chi connectivity index (χ0n) is 15.9. The van der Waals surface area contributed by atoms with Crippen LogP contribution in [-0.4, -0.2) is 32.8 Å². The molecule has 136 valence electrons. The topological polar surface area (TPSA) is 58.9 Å². The number of piperidine rings is 1. The largest absolute Gasteiger partial charge is 0.340 e. The van der Waals surface area contributed by atoms with Crippen LogP contribution in [0.4, 0.5) is 17.5 Å². The van der Waals surface area contributed by atoms with Crippen LogP contribution >= 0.6 is 0 Å². The fourth-order valence-corrected chi connectivity index (χ4v) is 3.85. The first kappa shape index (κ1) is 16.8. The Kier molecular flexibility index (Phi) is 4.26. The molecule has 1 saturated heterocycles. The summed E-state index contributed by atoms with van der Waals surface area (Å²) in [6.45, 7) is 8.69. The zero-order valence-corrected chi connectivity index (χ0v) is 15.9. The number of benzene rings is 1. The molecular weight excluding hydrogens is 324 g/mol. The highest BCUT2D eigenvalue weighted by atomic mass is 15.3. The molecule has 0 unspecified atom stereocenters. The standard InChI is InChI=1S/C20H26N6/c1-13-5-7-16(8-6-13)22-18-17-10-21-25(4)19(17)24-20(23-18)26-11-14(2)9-15(3)12-26/h5-8,10,14-15H,9,11-12H2,1-4H3,(H,22,23,24)/t14-,15+. The molecule has 3 aromatic rings. The molecule has 6 heteroatoms. The maximum absolute atomic E-state index is 4.87. The van der Waals surface area contributed by atoms with E-state index in [9.17, 15) is 0 Å². The van der Waals surface area contributed by atoms with Crippen LogP contribution in [0.15, 0.2) is 30.5 Å². The van der Waals surface area contributed by atoms with Crippen LogP contribution < -0.4 is 10.2 Å². The zero-order chi connectivity index (χ0) is 18.3.